The molecule has 1 fully saturated rings. The molecule has 32 heavy (non-hydrogen) atoms. The third kappa shape index (κ3) is 4.73. The van der Waals surface area contributed by atoms with Gasteiger partial charge in [0.1, 0.15) is 5.25 Å². The molecule has 1 saturated carbocycles. The largest absolute Gasteiger partial charge is 0.454 e. The number of anilines is 2. The van der Waals surface area contributed by atoms with E-state index in [0.29, 0.717) is 17.2 Å². The molecular formula is C25H22N2O4S. The minimum atomic E-state index is -0.450. The van der Waals surface area contributed by atoms with Gasteiger partial charge in [-0.15, -0.1) is 11.8 Å². The first-order chi connectivity index (χ1) is 15.7. The topological polar surface area (TPSA) is 76.7 Å². The maximum Gasteiger partial charge on any atom is 0.242 e. The highest BCUT2D eigenvalue weighted by Gasteiger charge is 2.29. The second-order valence-corrected chi connectivity index (χ2v) is 8.93. The van der Waals surface area contributed by atoms with Gasteiger partial charge in [-0.25, -0.2) is 0 Å². The van der Waals surface area contributed by atoms with E-state index in [-0.39, 0.29) is 24.5 Å². The lowest BCUT2D eigenvalue weighted by Crippen LogP contribution is -2.19. The van der Waals surface area contributed by atoms with Gasteiger partial charge in [0.05, 0.1) is 0 Å². The molecule has 1 heterocycles. The minimum absolute atomic E-state index is 0.0793. The molecule has 1 atom stereocenters. The van der Waals surface area contributed by atoms with Crippen LogP contribution in [-0.4, -0.2) is 18.6 Å². The Balaban J connectivity index is 1.32. The number of carbonyl (C=O) groups excluding carboxylic acids is 2. The first-order valence-corrected chi connectivity index (χ1v) is 11.4. The number of amides is 2. The average molecular weight is 447 g/mol. The summed E-state index contributed by atoms with van der Waals surface area (Å²) in [7, 11) is 0. The third-order valence-electron chi connectivity index (χ3n) is 5.30. The third-order valence-corrected chi connectivity index (χ3v) is 6.57. The average Bonchev–Trinajstić information content (AvgIpc) is 3.57. The fraction of sp³-hybridized carbons (Fsp3) is 0.200. The maximum atomic E-state index is 13.3. The summed E-state index contributed by atoms with van der Waals surface area (Å²) in [5.41, 5.74) is 2.33. The van der Waals surface area contributed by atoms with E-state index in [4.69, 9.17) is 9.47 Å². The Kier molecular flexibility index (Phi) is 5.73. The van der Waals surface area contributed by atoms with E-state index in [1.54, 1.807) is 18.2 Å². The summed E-state index contributed by atoms with van der Waals surface area (Å²) in [6.45, 7) is 0.187. The highest BCUT2D eigenvalue weighted by Crippen LogP contribution is 2.38. The van der Waals surface area contributed by atoms with E-state index in [1.807, 2.05) is 54.6 Å². The minimum Gasteiger partial charge on any atom is -0.454 e. The second kappa shape index (κ2) is 8.96. The standard InChI is InChI=1S/C25H22N2O4S/c28-24(17-6-7-17)26-18-8-11-20(12-9-18)32-23(16-4-2-1-3-5-16)25(29)27-19-10-13-21-22(14-19)31-15-30-21/h1-5,8-14,17,23H,6-7,15H2,(H,26,28)(H,27,29). The highest BCUT2D eigenvalue weighted by atomic mass is 32.2. The molecule has 3 aromatic rings. The molecule has 0 aromatic heterocycles. The van der Waals surface area contributed by atoms with Gasteiger partial charge >= 0.3 is 0 Å². The van der Waals surface area contributed by atoms with E-state index >= 15 is 0 Å². The van der Waals surface area contributed by atoms with E-state index in [0.717, 1.165) is 29.0 Å². The van der Waals surface area contributed by atoms with Crippen molar-refractivity contribution < 1.29 is 19.1 Å². The van der Waals surface area contributed by atoms with Crippen molar-refractivity contribution in [3.05, 3.63) is 78.4 Å². The number of hydrogen-bond acceptors (Lipinski definition) is 5. The SMILES string of the molecule is O=C(Nc1ccc(SC(C(=O)Nc2ccc3c(c2)OCO3)c2ccccc2)cc1)C1CC1. The molecule has 2 N–H and O–H groups in total. The summed E-state index contributed by atoms with van der Waals surface area (Å²) in [6.07, 6.45) is 1.94. The molecule has 162 valence electrons. The Morgan fingerprint density at radius 1 is 0.844 bits per heavy atom. The van der Waals surface area contributed by atoms with Crippen LogP contribution >= 0.6 is 11.8 Å². The molecule has 2 aliphatic rings. The van der Waals surface area contributed by atoms with Gasteiger partial charge in [0.25, 0.3) is 0 Å². The van der Waals surface area contributed by atoms with Crippen molar-refractivity contribution >= 4 is 35.0 Å². The Hall–Kier alpha value is -3.45. The molecule has 1 aliphatic carbocycles. The number of carbonyl (C=O) groups is 2. The van der Waals surface area contributed by atoms with Crippen LogP contribution in [0.5, 0.6) is 11.5 Å². The van der Waals surface area contributed by atoms with E-state index < -0.39 is 5.25 Å². The molecule has 7 heteroatoms. The molecule has 0 radical (unpaired) electrons. The molecule has 0 bridgehead atoms. The van der Waals surface area contributed by atoms with Crippen molar-refractivity contribution in [2.75, 3.05) is 17.4 Å². The predicted molar refractivity (Wildman–Crippen MR) is 124 cm³/mol. The van der Waals surface area contributed by atoms with Crippen molar-refractivity contribution in [1.29, 1.82) is 0 Å². The van der Waals surface area contributed by atoms with Gasteiger partial charge in [-0.1, -0.05) is 30.3 Å². The van der Waals surface area contributed by atoms with E-state index in [1.165, 1.54) is 11.8 Å². The van der Waals surface area contributed by atoms with Crippen LogP contribution < -0.4 is 20.1 Å². The quantitative estimate of drug-likeness (QED) is 0.486. The van der Waals surface area contributed by atoms with Crippen LogP contribution in [0.15, 0.2) is 77.7 Å². The molecule has 0 spiro atoms. The molecule has 3 aromatic carbocycles. The van der Waals surface area contributed by atoms with Gasteiger partial charge in [0, 0.05) is 28.3 Å². The van der Waals surface area contributed by atoms with Gasteiger partial charge in [-0.2, -0.15) is 0 Å². The maximum absolute atomic E-state index is 13.3. The van der Waals surface area contributed by atoms with Gasteiger partial charge in [0.15, 0.2) is 11.5 Å². The monoisotopic (exact) mass is 446 g/mol. The van der Waals surface area contributed by atoms with Crippen LogP contribution in [0, 0.1) is 5.92 Å². The molecule has 6 nitrogen and oxygen atoms in total. The predicted octanol–water partition coefficient (Wildman–Crippen LogP) is 5.24. The lowest BCUT2D eigenvalue weighted by Gasteiger charge is -2.17. The number of thioether (sulfide) groups is 1. The Morgan fingerprint density at radius 2 is 1.56 bits per heavy atom. The van der Waals surface area contributed by atoms with Crippen LogP contribution in [0.3, 0.4) is 0 Å². The smallest absolute Gasteiger partial charge is 0.242 e. The molecular weight excluding hydrogens is 424 g/mol. The van der Waals surface area contributed by atoms with Crippen molar-refractivity contribution in [2.45, 2.75) is 23.0 Å². The summed E-state index contributed by atoms with van der Waals surface area (Å²) in [4.78, 5) is 26.2. The first kappa shape index (κ1) is 20.5. The molecule has 1 unspecified atom stereocenters. The number of ether oxygens (including phenoxy) is 2. The summed E-state index contributed by atoms with van der Waals surface area (Å²) in [6, 6.07) is 22.6. The number of fused-ring (bicyclic) bond motifs is 1. The van der Waals surface area contributed by atoms with Crippen LogP contribution in [0.2, 0.25) is 0 Å². The first-order valence-electron chi connectivity index (χ1n) is 10.5. The number of rotatable bonds is 7. The van der Waals surface area contributed by atoms with Gasteiger partial charge < -0.3 is 20.1 Å². The molecule has 2 amide bonds. The van der Waals surface area contributed by atoms with Crippen LogP contribution in [0.25, 0.3) is 0 Å². The normalized spacial score (nSPS) is 15.1. The van der Waals surface area contributed by atoms with Crippen molar-refractivity contribution in [3.8, 4) is 11.5 Å². The Bertz CT molecular complexity index is 1130. The zero-order valence-electron chi connectivity index (χ0n) is 17.2. The molecule has 0 saturated heterocycles. The van der Waals surface area contributed by atoms with Crippen LogP contribution in [0.4, 0.5) is 11.4 Å². The van der Waals surface area contributed by atoms with E-state index in [2.05, 4.69) is 10.6 Å². The van der Waals surface area contributed by atoms with Crippen molar-refractivity contribution in [2.24, 2.45) is 5.92 Å². The lowest BCUT2D eigenvalue weighted by atomic mass is 10.1. The summed E-state index contributed by atoms with van der Waals surface area (Å²) in [5, 5.41) is 5.49. The number of nitrogens with one attached hydrogen (secondary N) is 2. The molecule has 1 aliphatic heterocycles. The van der Waals surface area contributed by atoms with Gasteiger partial charge in [0.2, 0.25) is 18.6 Å². The fourth-order valence-corrected chi connectivity index (χ4v) is 4.45. The van der Waals surface area contributed by atoms with Gasteiger partial charge in [-0.3, -0.25) is 9.59 Å². The van der Waals surface area contributed by atoms with Crippen LogP contribution in [-0.2, 0) is 9.59 Å². The van der Waals surface area contributed by atoms with Crippen molar-refractivity contribution in [3.63, 3.8) is 0 Å². The number of hydrogen-bond donors (Lipinski definition) is 2. The highest BCUT2D eigenvalue weighted by molar-refractivity contribution is 8.00. The zero-order valence-corrected chi connectivity index (χ0v) is 18.1. The Morgan fingerprint density at radius 3 is 2.31 bits per heavy atom. The van der Waals surface area contributed by atoms with Gasteiger partial charge in [-0.05, 0) is 54.8 Å². The Labute approximate surface area is 190 Å². The van der Waals surface area contributed by atoms with Crippen LogP contribution in [0.1, 0.15) is 23.7 Å². The number of benzene rings is 3. The zero-order chi connectivity index (χ0) is 21.9. The van der Waals surface area contributed by atoms with Crippen molar-refractivity contribution in [1.82, 2.24) is 0 Å². The fourth-order valence-electron chi connectivity index (χ4n) is 3.43. The summed E-state index contributed by atoms with van der Waals surface area (Å²) in [5.74, 6) is 1.40. The van der Waals surface area contributed by atoms with E-state index in [9.17, 15) is 9.59 Å². The summed E-state index contributed by atoms with van der Waals surface area (Å²) < 4.78 is 10.7. The molecule has 5 rings (SSSR count). The second-order valence-electron chi connectivity index (χ2n) is 7.75. The lowest BCUT2D eigenvalue weighted by molar-refractivity contribution is -0.117. The summed E-state index contributed by atoms with van der Waals surface area (Å²) >= 11 is 1.46.